The Hall–Kier alpha value is -3.94. The molecule has 3 aromatic rings. The number of carbonyl (C=O) groups excluding carboxylic acids is 2. The summed E-state index contributed by atoms with van der Waals surface area (Å²) in [6.07, 6.45) is 0. The zero-order chi connectivity index (χ0) is 22.8. The summed E-state index contributed by atoms with van der Waals surface area (Å²) in [6, 6.07) is 13.4. The van der Waals surface area contributed by atoms with Gasteiger partial charge in [-0.25, -0.2) is 8.78 Å². The second kappa shape index (κ2) is 8.66. The molecule has 1 aliphatic rings. The predicted molar refractivity (Wildman–Crippen MR) is 114 cm³/mol. The number of ether oxygens (including phenoxy) is 2. The Kier molecular flexibility index (Phi) is 5.77. The third kappa shape index (κ3) is 3.87. The lowest BCUT2D eigenvalue weighted by Crippen LogP contribution is -2.39. The minimum atomic E-state index is -0.873. The molecule has 1 heterocycles. The van der Waals surface area contributed by atoms with Crippen LogP contribution in [0.3, 0.4) is 0 Å². The highest BCUT2D eigenvalue weighted by Gasteiger charge is 2.36. The molecule has 4 rings (SSSR count). The number of hydrogen-bond acceptors (Lipinski definition) is 4. The van der Waals surface area contributed by atoms with Gasteiger partial charge in [0.05, 0.1) is 20.3 Å². The molecular formula is C24H20F2N2O4. The molecule has 0 bridgehead atoms. The van der Waals surface area contributed by atoms with Crippen molar-refractivity contribution in [3.8, 4) is 11.5 Å². The summed E-state index contributed by atoms with van der Waals surface area (Å²) in [4.78, 5) is 27.8. The highest BCUT2D eigenvalue weighted by atomic mass is 19.1. The Bertz CT molecular complexity index is 1160. The molecule has 1 atom stereocenters. The Balaban J connectivity index is 1.94. The topological polar surface area (TPSA) is 67.9 Å². The maximum absolute atomic E-state index is 14.2. The molecule has 0 spiro atoms. The molecule has 0 aromatic heterocycles. The first-order valence-electron chi connectivity index (χ1n) is 9.79. The van der Waals surface area contributed by atoms with Crippen LogP contribution in [0.5, 0.6) is 11.5 Å². The van der Waals surface area contributed by atoms with Crippen LogP contribution < -0.4 is 14.8 Å². The normalized spacial score (nSPS) is 15.4. The fourth-order valence-corrected chi connectivity index (χ4v) is 3.88. The Morgan fingerprint density at radius 3 is 2.22 bits per heavy atom. The van der Waals surface area contributed by atoms with Crippen molar-refractivity contribution in [3.05, 3.63) is 89.0 Å². The van der Waals surface area contributed by atoms with Crippen LogP contribution in [0.4, 0.5) is 14.5 Å². The molecule has 32 heavy (non-hydrogen) atoms. The summed E-state index contributed by atoms with van der Waals surface area (Å²) in [5, 5.41) is 2.72. The van der Waals surface area contributed by atoms with E-state index >= 15 is 0 Å². The first-order chi connectivity index (χ1) is 15.4. The molecule has 2 amide bonds. The molecular weight excluding hydrogens is 418 g/mol. The first-order valence-corrected chi connectivity index (χ1v) is 9.79. The van der Waals surface area contributed by atoms with E-state index in [-0.39, 0.29) is 23.6 Å². The van der Waals surface area contributed by atoms with Gasteiger partial charge in [0.1, 0.15) is 35.2 Å². The smallest absolute Gasteiger partial charge is 0.262 e. The van der Waals surface area contributed by atoms with E-state index in [4.69, 9.17) is 9.47 Å². The highest BCUT2D eigenvalue weighted by Crippen LogP contribution is 2.39. The van der Waals surface area contributed by atoms with Crippen molar-refractivity contribution in [2.45, 2.75) is 6.04 Å². The van der Waals surface area contributed by atoms with E-state index in [2.05, 4.69) is 5.32 Å². The minimum Gasteiger partial charge on any atom is -0.496 e. The second-order valence-electron chi connectivity index (χ2n) is 7.20. The van der Waals surface area contributed by atoms with Gasteiger partial charge in [0, 0.05) is 11.3 Å². The Morgan fingerprint density at radius 2 is 1.59 bits per heavy atom. The quantitative estimate of drug-likeness (QED) is 0.664. The van der Waals surface area contributed by atoms with Gasteiger partial charge in [-0.1, -0.05) is 18.2 Å². The predicted octanol–water partition coefficient (Wildman–Crippen LogP) is 4.17. The van der Waals surface area contributed by atoms with Crippen LogP contribution in [0.15, 0.2) is 60.7 Å². The van der Waals surface area contributed by atoms with Crippen LogP contribution in [-0.4, -0.2) is 37.5 Å². The minimum absolute atomic E-state index is 0.122. The standard InChI is InChI=1S/C24H20F2N2O4/c1-31-19-4-3-5-20(32-2)22(19)24(30)28-13-21(29)27-18-11-10-16(26)12-17(18)23(28)14-6-8-15(25)9-7-14/h3-12,23H,13H2,1-2H3,(H,27,29). The fourth-order valence-electron chi connectivity index (χ4n) is 3.88. The number of benzene rings is 3. The average Bonchev–Trinajstić information content (AvgIpc) is 2.94. The number of anilines is 1. The zero-order valence-corrected chi connectivity index (χ0v) is 17.4. The number of nitrogens with one attached hydrogen (secondary N) is 1. The van der Waals surface area contributed by atoms with Gasteiger partial charge in [0.2, 0.25) is 5.91 Å². The molecule has 1 N–H and O–H groups in total. The Morgan fingerprint density at radius 1 is 0.969 bits per heavy atom. The summed E-state index contributed by atoms with van der Waals surface area (Å²) in [5.41, 5.74) is 1.37. The van der Waals surface area contributed by atoms with Crippen molar-refractivity contribution >= 4 is 17.5 Å². The summed E-state index contributed by atoms with van der Waals surface area (Å²) < 4.78 is 38.6. The van der Waals surface area contributed by atoms with Gasteiger partial charge in [-0.15, -0.1) is 0 Å². The van der Waals surface area contributed by atoms with Crippen LogP contribution in [-0.2, 0) is 4.79 Å². The van der Waals surface area contributed by atoms with Crippen LogP contribution in [0.1, 0.15) is 27.5 Å². The average molecular weight is 438 g/mol. The van der Waals surface area contributed by atoms with E-state index in [0.29, 0.717) is 16.8 Å². The van der Waals surface area contributed by atoms with E-state index in [1.165, 1.54) is 61.6 Å². The number of carbonyl (C=O) groups is 2. The van der Waals surface area contributed by atoms with Crippen molar-refractivity contribution in [1.29, 1.82) is 0 Å². The molecule has 6 nitrogen and oxygen atoms in total. The Labute approximate surface area is 183 Å². The van der Waals surface area contributed by atoms with Crippen molar-refractivity contribution in [2.75, 3.05) is 26.1 Å². The maximum atomic E-state index is 14.2. The SMILES string of the molecule is COc1cccc(OC)c1C(=O)N1CC(=O)Nc2ccc(F)cc2C1c1ccc(F)cc1. The van der Waals surface area contributed by atoms with E-state index in [1.807, 2.05) is 0 Å². The van der Waals surface area contributed by atoms with Gasteiger partial charge in [0.25, 0.3) is 5.91 Å². The number of fused-ring (bicyclic) bond motifs is 1. The summed E-state index contributed by atoms with van der Waals surface area (Å²) >= 11 is 0. The molecule has 164 valence electrons. The third-order valence-electron chi connectivity index (χ3n) is 5.30. The molecule has 0 saturated carbocycles. The number of methoxy groups -OCH3 is 2. The lowest BCUT2D eigenvalue weighted by Gasteiger charge is -2.31. The van der Waals surface area contributed by atoms with Gasteiger partial charge in [-0.2, -0.15) is 0 Å². The molecule has 8 heteroatoms. The lowest BCUT2D eigenvalue weighted by molar-refractivity contribution is -0.117. The number of halogens is 2. The highest BCUT2D eigenvalue weighted by molar-refractivity contribution is 6.04. The van der Waals surface area contributed by atoms with Crippen molar-refractivity contribution in [3.63, 3.8) is 0 Å². The van der Waals surface area contributed by atoms with Crippen molar-refractivity contribution in [1.82, 2.24) is 4.90 Å². The molecule has 1 unspecified atom stereocenters. The molecule has 3 aromatic carbocycles. The molecule has 0 saturated heterocycles. The van der Waals surface area contributed by atoms with Gasteiger partial charge in [-0.3, -0.25) is 9.59 Å². The van der Waals surface area contributed by atoms with E-state index < -0.39 is 29.5 Å². The van der Waals surface area contributed by atoms with Gasteiger partial charge < -0.3 is 19.7 Å². The summed E-state index contributed by atoms with van der Waals surface area (Å²) in [5.74, 6) is -1.48. The largest absolute Gasteiger partial charge is 0.496 e. The zero-order valence-electron chi connectivity index (χ0n) is 17.4. The number of nitrogens with zero attached hydrogens (tertiary/aromatic N) is 1. The molecule has 1 aliphatic heterocycles. The summed E-state index contributed by atoms with van der Waals surface area (Å²) in [6.45, 7) is -0.321. The lowest BCUT2D eigenvalue weighted by atomic mass is 9.95. The van der Waals surface area contributed by atoms with Crippen LogP contribution >= 0.6 is 0 Å². The van der Waals surface area contributed by atoms with Crippen LogP contribution in [0.2, 0.25) is 0 Å². The van der Waals surface area contributed by atoms with Gasteiger partial charge in [0.15, 0.2) is 0 Å². The van der Waals surface area contributed by atoms with Crippen molar-refractivity contribution in [2.24, 2.45) is 0 Å². The maximum Gasteiger partial charge on any atom is 0.262 e. The van der Waals surface area contributed by atoms with E-state index in [9.17, 15) is 18.4 Å². The molecule has 0 fully saturated rings. The van der Waals surface area contributed by atoms with E-state index in [0.717, 1.165) is 0 Å². The number of amides is 2. The van der Waals surface area contributed by atoms with Crippen LogP contribution in [0.25, 0.3) is 0 Å². The third-order valence-corrected chi connectivity index (χ3v) is 5.30. The first kappa shape index (κ1) is 21.3. The van der Waals surface area contributed by atoms with E-state index in [1.54, 1.807) is 18.2 Å². The van der Waals surface area contributed by atoms with Crippen LogP contribution in [0, 0.1) is 11.6 Å². The van der Waals surface area contributed by atoms with Gasteiger partial charge in [-0.05, 0) is 48.0 Å². The summed E-state index contributed by atoms with van der Waals surface area (Å²) in [7, 11) is 2.84. The van der Waals surface area contributed by atoms with Crippen molar-refractivity contribution < 1.29 is 27.8 Å². The number of rotatable bonds is 4. The second-order valence-corrected chi connectivity index (χ2v) is 7.20. The monoisotopic (exact) mass is 438 g/mol. The number of hydrogen-bond donors (Lipinski definition) is 1. The fraction of sp³-hybridized carbons (Fsp3) is 0.167. The van der Waals surface area contributed by atoms with Gasteiger partial charge >= 0.3 is 0 Å². The molecule has 0 radical (unpaired) electrons. The molecule has 0 aliphatic carbocycles.